The van der Waals surface area contributed by atoms with E-state index in [4.69, 9.17) is 10.8 Å². The molecule has 0 aromatic rings. The van der Waals surface area contributed by atoms with Crippen molar-refractivity contribution in [2.45, 2.75) is 77.7 Å². The summed E-state index contributed by atoms with van der Waals surface area (Å²) in [5.41, 5.74) is 5.50. The van der Waals surface area contributed by atoms with Crippen molar-refractivity contribution in [3.05, 3.63) is 0 Å². The number of likely N-dealkylation sites (tertiary alicyclic amines) is 1. The first kappa shape index (κ1) is 25.3. The van der Waals surface area contributed by atoms with Crippen molar-refractivity contribution in [3.63, 3.8) is 0 Å². The second-order valence-corrected chi connectivity index (χ2v) is 8.01. The van der Waals surface area contributed by atoms with Gasteiger partial charge in [-0.05, 0) is 39.5 Å². The number of nitrogens with one attached hydrogen (secondary N) is 3. The molecular weight excluding hydrogens is 394 g/mol. The molecule has 11 nitrogen and oxygen atoms in total. The third-order valence-electron chi connectivity index (χ3n) is 4.96. The fourth-order valence-electron chi connectivity index (χ4n) is 3.11. The predicted octanol–water partition coefficient (Wildman–Crippen LogP) is -1.44. The SMILES string of the molecule is CC(C)[C@H](NC(=O)[C@@H]1CCCN1C(=O)[C@H](C)NC(=O)[C@H](C)N)C(=O)N[C@@H](C)C(=O)O. The van der Waals surface area contributed by atoms with E-state index in [9.17, 15) is 24.0 Å². The second kappa shape index (κ2) is 10.9. The van der Waals surface area contributed by atoms with Crippen LogP contribution in [0.5, 0.6) is 0 Å². The molecule has 1 rings (SSSR count). The summed E-state index contributed by atoms with van der Waals surface area (Å²) in [4.78, 5) is 62.1. The number of amides is 4. The molecule has 0 aromatic carbocycles. The van der Waals surface area contributed by atoms with Crippen molar-refractivity contribution in [1.29, 1.82) is 0 Å². The molecular formula is C19H33N5O6. The van der Waals surface area contributed by atoms with Gasteiger partial charge in [0, 0.05) is 6.54 Å². The first-order valence-electron chi connectivity index (χ1n) is 10.1. The maximum atomic E-state index is 12.8. The third-order valence-corrected chi connectivity index (χ3v) is 4.96. The predicted molar refractivity (Wildman–Crippen MR) is 108 cm³/mol. The normalized spacial score (nSPS) is 20.1. The zero-order chi connectivity index (χ0) is 23.2. The quantitative estimate of drug-likeness (QED) is 0.300. The van der Waals surface area contributed by atoms with Gasteiger partial charge in [-0.1, -0.05) is 13.8 Å². The molecule has 1 fully saturated rings. The molecule has 5 atom stereocenters. The maximum Gasteiger partial charge on any atom is 0.325 e. The Balaban J connectivity index is 2.84. The Morgan fingerprint density at radius 3 is 2.00 bits per heavy atom. The average Bonchev–Trinajstić information content (AvgIpc) is 3.14. The lowest BCUT2D eigenvalue weighted by molar-refractivity contribution is -0.143. The van der Waals surface area contributed by atoms with Gasteiger partial charge in [-0.2, -0.15) is 0 Å². The van der Waals surface area contributed by atoms with E-state index < -0.39 is 59.8 Å². The number of carboxylic acid groups (broad SMARTS) is 1. The lowest BCUT2D eigenvalue weighted by Gasteiger charge is -2.30. The van der Waals surface area contributed by atoms with Crippen molar-refractivity contribution < 1.29 is 29.1 Å². The van der Waals surface area contributed by atoms with E-state index in [0.29, 0.717) is 19.4 Å². The summed E-state index contributed by atoms with van der Waals surface area (Å²) in [5, 5.41) is 16.5. The Morgan fingerprint density at radius 1 is 0.933 bits per heavy atom. The fraction of sp³-hybridized carbons (Fsp3) is 0.737. The Morgan fingerprint density at radius 2 is 1.50 bits per heavy atom. The zero-order valence-electron chi connectivity index (χ0n) is 18.1. The van der Waals surface area contributed by atoms with Gasteiger partial charge in [-0.15, -0.1) is 0 Å². The molecule has 170 valence electrons. The van der Waals surface area contributed by atoms with E-state index in [1.54, 1.807) is 13.8 Å². The summed E-state index contributed by atoms with van der Waals surface area (Å²) in [6.07, 6.45) is 1.02. The van der Waals surface area contributed by atoms with Crippen LogP contribution in [-0.2, 0) is 24.0 Å². The number of hydrogen-bond acceptors (Lipinski definition) is 6. The van der Waals surface area contributed by atoms with Crippen LogP contribution in [0.2, 0.25) is 0 Å². The fourth-order valence-corrected chi connectivity index (χ4v) is 3.11. The summed E-state index contributed by atoms with van der Waals surface area (Å²) in [5.74, 6) is -3.48. The number of aliphatic carboxylic acids is 1. The molecule has 0 bridgehead atoms. The highest BCUT2D eigenvalue weighted by Gasteiger charge is 2.38. The monoisotopic (exact) mass is 427 g/mol. The number of rotatable bonds is 9. The number of carbonyl (C=O) groups is 5. The van der Waals surface area contributed by atoms with Crippen LogP contribution in [0, 0.1) is 5.92 Å². The Bertz CT molecular complexity index is 680. The van der Waals surface area contributed by atoms with Gasteiger partial charge in [-0.3, -0.25) is 24.0 Å². The van der Waals surface area contributed by atoms with Crippen LogP contribution in [0.1, 0.15) is 47.5 Å². The lowest BCUT2D eigenvalue weighted by atomic mass is 10.0. The molecule has 1 saturated heterocycles. The first-order valence-corrected chi connectivity index (χ1v) is 10.1. The van der Waals surface area contributed by atoms with Gasteiger partial charge >= 0.3 is 5.97 Å². The molecule has 0 aromatic heterocycles. The smallest absolute Gasteiger partial charge is 0.325 e. The van der Waals surface area contributed by atoms with Gasteiger partial charge in [0.1, 0.15) is 24.2 Å². The minimum absolute atomic E-state index is 0.301. The summed E-state index contributed by atoms with van der Waals surface area (Å²) in [7, 11) is 0. The number of nitrogens with two attached hydrogens (primary N) is 1. The van der Waals surface area contributed by atoms with E-state index in [1.165, 1.54) is 25.7 Å². The summed E-state index contributed by atoms with van der Waals surface area (Å²) < 4.78 is 0. The lowest BCUT2D eigenvalue weighted by Crippen LogP contribution is -2.58. The Hall–Kier alpha value is -2.69. The topological polar surface area (TPSA) is 171 Å². The number of hydrogen-bond donors (Lipinski definition) is 5. The van der Waals surface area contributed by atoms with Crippen molar-refractivity contribution in [1.82, 2.24) is 20.9 Å². The number of carboxylic acids is 1. The third kappa shape index (κ3) is 6.68. The van der Waals surface area contributed by atoms with Crippen LogP contribution in [0.3, 0.4) is 0 Å². The van der Waals surface area contributed by atoms with Crippen molar-refractivity contribution >= 4 is 29.6 Å². The van der Waals surface area contributed by atoms with Gasteiger partial charge in [-0.25, -0.2) is 0 Å². The van der Waals surface area contributed by atoms with Crippen molar-refractivity contribution in [3.8, 4) is 0 Å². The molecule has 0 unspecified atom stereocenters. The minimum Gasteiger partial charge on any atom is -0.480 e. The molecule has 4 amide bonds. The van der Waals surface area contributed by atoms with Gasteiger partial charge in [0.05, 0.1) is 6.04 Å². The highest BCUT2D eigenvalue weighted by atomic mass is 16.4. The maximum absolute atomic E-state index is 12.8. The van der Waals surface area contributed by atoms with Crippen LogP contribution >= 0.6 is 0 Å². The van der Waals surface area contributed by atoms with E-state index in [-0.39, 0.29) is 5.92 Å². The molecule has 0 spiro atoms. The van der Waals surface area contributed by atoms with Gasteiger partial charge in [0.15, 0.2) is 0 Å². The van der Waals surface area contributed by atoms with Crippen LogP contribution < -0.4 is 21.7 Å². The van der Waals surface area contributed by atoms with Crippen molar-refractivity contribution in [2.75, 3.05) is 6.54 Å². The van der Waals surface area contributed by atoms with Gasteiger partial charge < -0.3 is 31.7 Å². The van der Waals surface area contributed by atoms with Crippen LogP contribution in [0.25, 0.3) is 0 Å². The Kier molecular flexibility index (Phi) is 9.22. The first-order chi connectivity index (χ1) is 13.9. The molecule has 1 aliphatic heterocycles. The molecule has 6 N–H and O–H groups in total. The molecule has 30 heavy (non-hydrogen) atoms. The number of carbonyl (C=O) groups excluding carboxylic acids is 4. The van der Waals surface area contributed by atoms with E-state index in [0.717, 1.165) is 0 Å². The van der Waals surface area contributed by atoms with Crippen LogP contribution in [0.4, 0.5) is 0 Å². The number of nitrogens with zero attached hydrogens (tertiary/aromatic N) is 1. The zero-order valence-corrected chi connectivity index (χ0v) is 18.1. The molecule has 0 radical (unpaired) electrons. The average molecular weight is 428 g/mol. The van der Waals surface area contributed by atoms with E-state index >= 15 is 0 Å². The summed E-state index contributed by atoms with van der Waals surface area (Å²) in [6.45, 7) is 8.14. The van der Waals surface area contributed by atoms with Crippen LogP contribution in [0.15, 0.2) is 0 Å². The molecule has 1 heterocycles. The standard InChI is InChI=1S/C19H33N5O6/c1-9(2)14(17(27)22-12(5)19(29)30)23-16(26)13-7-6-8-24(13)18(28)11(4)21-15(25)10(3)20/h9-14H,6-8,20H2,1-5H3,(H,21,25)(H,22,27)(H,23,26)(H,29,30)/t10-,11-,12-,13-,14-/m0/s1. The highest BCUT2D eigenvalue weighted by molar-refractivity contribution is 5.95. The van der Waals surface area contributed by atoms with Crippen LogP contribution in [-0.4, -0.2) is 76.4 Å². The van der Waals surface area contributed by atoms with Gasteiger partial charge in [0.2, 0.25) is 23.6 Å². The molecule has 11 heteroatoms. The van der Waals surface area contributed by atoms with E-state index in [1.807, 2.05) is 0 Å². The molecule has 1 aliphatic rings. The highest BCUT2D eigenvalue weighted by Crippen LogP contribution is 2.19. The Labute approximate surface area is 176 Å². The second-order valence-electron chi connectivity index (χ2n) is 8.01. The van der Waals surface area contributed by atoms with Gasteiger partial charge in [0.25, 0.3) is 0 Å². The van der Waals surface area contributed by atoms with E-state index in [2.05, 4.69) is 16.0 Å². The van der Waals surface area contributed by atoms with Crippen molar-refractivity contribution in [2.24, 2.45) is 11.7 Å². The molecule has 0 saturated carbocycles. The molecule has 0 aliphatic carbocycles. The minimum atomic E-state index is -1.19. The largest absolute Gasteiger partial charge is 0.480 e. The summed E-state index contributed by atoms with van der Waals surface area (Å²) in [6, 6.07) is -4.45. The summed E-state index contributed by atoms with van der Waals surface area (Å²) >= 11 is 0.